The minimum atomic E-state index is -0.891. The van der Waals surface area contributed by atoms with E-state index in [1.54, 1.807) is 12.1 Å². The summed E-state index contributed by atoms with van der Waals surface area (Å²) < 4.78 is 0. The lowest BCUT2D eigenvalue weighted by atomic mass is 10.1. The van der Waals surface area contributed by atoms with Gasteiger partial charge in [0, 0.05) is 43.4 Å². The molecule has 1 aliphatic heterocycles. The van der Waals surface area contributed by atoms with E-state index >= 15 is 0 Å². The number of aryl methyl sites for hydroxylation is 1. The Bertz CT molecular complexity index is 725. The molecule has 0 atom stereocenters. The van der Waals surface area contributed by atoms with Crippen molar-refractivity contribution in [2.24, 2.45) is 0 Å². The highest BCUT2D eigenvalue weighted by atomic mass is 32.2. The molecule has 0 unspecified atom stereocenters. The second kappa shape index (κ2) is 8.41. The minimum absolute atomic E-state index is 0.320. The standard InChI is InChI=1S/C20H24N2O2S/c1-15-12-17(14-22-8-10-25-11-9-22)4-7-19(15)21-13-16-2-5-18(6-3-16)20(23)24/h2-7,12,21H,8-11,13-14H2,1H3,(H,23,24). The molecule has 2 N–H and O–H groups in total. The Morgan fingerprint density at radius 1 is 1.12 bits per heavy atom. The lowest BCUT2D eigenvalue weighted by Gasteiger charge is -2.26. The Balaban J connectivity index is 1.58. The molecule has 4 nitrogen and oxygen atoms in total. The Kier molecular flexibility index (Phi) is 6.00. The molecule has 1 saturated heterocycles. The molecule has 132 valence electrons. The zero-order valence-corrected chi connectivity index (χ0v) is 15.3. The van der Waals surface area contributed by atoms with Gasteiger partial charge < -0.3 is 10.4 Å². The molecule has 1 aliphatic rings. The first kappa shape index (κ1) is 17.8. The number of nitrogens with one attached hydrogen (secondary N) is 1. The number of aromatic carboxylic acids is 1. The van der Waals surface area contributed by atoms with Gasteiger partial charge in [-0.15, -0.1) is 0 Å². The summed E-state index contributed by atoms with van der Waals surface area (Å²) in [5.74, 6) is 1.58. The molecule has 5 heteroatoms. The smallest absolute Gasteiger partial charge is 0.335 e. The average Bonchev–Trinajstić information content (AvgIpc) is 2.62. The van der Waals surface area contributed by atoms with Crippen LogP contribution in [-0.2, 0) is 13.1 Å². The third-order valence-electron chi connectivity index (χ3n) is 4.48. The van der Waals surface area contributed by atoms with Gasteiger partial charge in [-0.3, -0.25) is 4.90 Å². The third-order valence-corrected chi connectivity index (χ3v) is 5.43. The summed E-state index contributed by atoms with van der Waals surface area (Å²) in [5, 5.41) is 12.4. The number of carboxylic acid groups (broad SMARTS) is 1. The molecule has 1 fully saturated rings. The first-order chi connectivity index (χ1) is 12.1. The minimum Gasteiger partial charge on any atom is -0.478 e. The lowest BCUT2D eigenvalue weighted by Crippen LogP contribution is -2.31. The van der Waals surface area contributed by atoms with Crippen LogP contribution in [0.3, 0.4) is 0 Å². The first-order valence-electron chi connectivity index (χ1n) is 8.57. The molecule has 0 amide bonds. The fraction of sp³-hybridized carbons (Fsp3) is 0.350. The predicted molar refractivity (Wildman–Crippen MR) is 105 cm³/mol. The van der Waals surface area contributed by atoms with Gasteiger partial charge in [0.1, 0.15) is 0 Å². The average molecular weight is 356 g/mol. The van der Waals surface area contributed by atoms with E-state index in [0.717, 1.165) is 17.8 Å². The van der Waals surface area contributed by atoms with Gasteiger partial charge in [0.05, 0.1) is 5.56 Å². The van der Waals surface area contributed by atoms with E-state index in [1.165, 1.54) is 35.7 Å². The Labute approximate surface area is 153 Å². The maximum atomic E-state index is 10.9. The highest BCUT2D eigenvalue weighted by Crippen LogP contribution is 2.20. The fourth-order valence-electron chi connectivity index (χ4n) is 3.00. The van der Waals surface area contributed by atoms with E-state index in [2.05, 4.69) is 35.3 Å². The van der Waals surface area contributed by atoms with Gasteiger partial charge in [0.15, 0.2) is 0 Å². The van der Waals surface area contributed by atoms with Gasteiger partial charge in [-0.2, -0.15) is 11.8 Å². The SMILES string of the molecule is Cc1cc(CN2CCSCC2)ccc1NCc1ccc(C(=O)O)cc1. The topological polar surface area (TPSA) is 52.6 Å². The monoisotopic (exact) mass is 356 g/mol. The van der Waals surface area contributed by atoms with Crippen LogP contribution in [0.5, 0.6) is 0 Å². The van der Waals surface area contributed by atoms with E-state index in [4.69, 9.17) is 5.11 Å². The summed E-state index contributed by atoms with van der Waals surface area (Å²) in [6, 6.07) is 13.6. The van der Waals surface area contributed by atoms with E-state index in [1.807, 2.05) is 23.9 Å². The van der Waals surface area contributed by atoms with E-state index in [0.29, 0.717) is 12.1 Å². The molecule has 1 heterocycles. The van der Waals surface area contributed by atoms with Gasteiger partial charge in [-0.05, 0) is 41.8 Å². The number of benzene rings is 2. The van der Waals surface area contributed by atoms with Crippen LogP contribution in [0.2, 0.25) is 0 Å². The normalized spacial score (nSPS) is 15.1. The van der Waals surface area contributed by atoms with Crippen molar-refractivity contribution in [1.82, 2.24) is 4.90 Å². The highest BCUT2D eigenvalue weighted by Gasteiger charge is 2.11. The second-order valence-electron chi connectivity index (χ2n) is 6.39. The van der Waals surface area contributed by atoms with Crippen molar-refractivity contribution in [3.05, 3.63) is 64.7 Å². The molecule has 2 aromatic carbocycles. The van der Waals surface area contributed by atoms with Crippen molar-refractivity contribution in [3.8, 4) is 0 Å². The second-order valence-corrected chi connectivity index (χ2v) is 7.62. The van der Waals surface area contributed by atoms with Crippen molar-refractivity contribution in [2.75, 3.05) is 29.9 Å². The Hall–Kier alpha value is -1.98. The van der Waals surface area contributed by atoms with Gasteiger partial charge in [0.25, 0.3) is 0 Å². The fourth-order valence-corrected chi connectivity index (χ4v) is 3.98. The van der Waals surface area contributed by atoms with Crippen LogP contribution in [0.1, 0.15) is 27.0 Å². The third kappa shape index (κ3) is 5.00. The molecule has 0 bridgehead atoms. The number of anilines is 1. The predicted octanol–water partition coefficient (Wildman–Crippen LogP) is 3.85. The van der Waals surface area contributed by atoms with Crippen molar-refractivity contribution in [1.29, 1.82) is 0 Å². The lowest BCUT2D eigenvalue weighted by molar-refractivity contribution is 0.0697. The molecule has 0 aromatic heterocycles. The van der Waals surface area contributed by atoms with Crippen LogP contribution in [0.4, 0.5) is 5.69 Å². The Morgan fingerprint density at radius 2 is 1.80 bits per heavy atom. The zero-order chi connectivity index (χ0) is 17.6. The van der Waals surface area contributed by atoms with Crippen molar-refractivity contribution >= 4 is 23.4 Å². The van der Waals surface area contributed by atoms with Crippen LogP contribution >= 0.6 is 11.8 Å². The highest BCUT2D eigenvalue weighted by molar-refractivity contribution is 7.99. The maximum absolute atomic E-state index is 10.9. The summed E-state index contributed by atoms with van der Waals surface area (Å²) in [6.07, 6.45) is 0. The largest absolute Gasteiger partial charge is 0.478 e. The van der Waals surface area contributed by atoms with E-state index < -0.39 is 5.97 Å². The van der Waals surface area contributed by atoms with Crippen LogP contribution in [0, 0.1) is 6.92 Å². The van der Waals surface area contributed by atoms with Crippen LogP contribution in [0.25, 0.3) is 0 Å². The maximum Gasteiger partial charge on any atom is 0.335 e. The van der Waals surface area contributed by atoms with Crippen LogP contribution in [0.15, 0.2) is 42.5 Å². The number of hydrogen-bond donors (Lipinski definition) is 2. The van der Waals surface area contributed by atoms with Gasteiger partial charge >= 0.3 is 5.97 Å². The zero-order valence-electron chi connectivity index (χ0n) is 14.5. The quantitative estimate of drug-likeness (QED) is 0.823. The summed E-state index contributed by atoms with van der Waals surface area (Å²) in [6.45, 7) is 6.19. The number of carboxylic acids is 1. The molecule has 25 heavy (non-hydrogen) atoms. The molecule has 0 radical (unpaired) electrons. The van der Waals surface area contributed by atoms with E-state index in [9.17, 15) is 4.79 Å². The Morgan fingerprint density at radius 3 is 2.44 bits per heavy atom. The van der Waals surface area contributed by atoms with Crippen LogP contribution in [-0.4, -0.2) is 40.6 Å². The first-order valence-corrected chi connectivity index (χ1v) is 9.73. The number of thioether (sulfide) groups is 1. The number of rotatable bonds is 6. The molecule has 0 saturated carbocycles. The van der Waals surface area contributed by atoms with Gasteiger partial charge in [0.2, 0.25) is 0 Å². The van der Waals surface area contributed by atoms with E-state index in [-0.39, 0.29) is 0 Å². The molecular formula is C20H24N2O2S. The van der Waals surface area contributed by atoms with Crippen molar-refractivity contribution in [2.45, 2.75) is 20.0 Å². The van der Waals surface area contributed by atoms with Gasteiger partial charge in [-0.25, -0.2) is 4.79 Å². The van der Waals surface area contributed by atoms with Gasteiger partial charge in [-0.1, -0.05) is 24.3 Å². The number of carbonyl (C=O) groups is 1. The summed E-state index contributed by atoms with van der Waals surface area (Å²) in [4.78, 5) is 13.4. The summed E-state index contributed by atoms with van der Waals surface area (Å²) in [7, 11) is 0. The van der Waals surface area contributed by atoms with Crippen LogP contribution < -0.4 is 5.32 Å². The molecular weight excluding hydrogens is 332 g/mol. The molecule has 2 aromatic rings. The summed E-state index contributed by atoms with van der Waals surface area (Å²) >= 11 is 2.04. The molecule has 0 aliphatic carbocycles. The van der Waals surface area contributed by atoms with Crippen molar-refractivity contribution < 1.29 is 9.90 Å². The molecule has 3 rings (SSSR count). The number of nitrogens with zero attached hydrogens (tertiary/aromatic N) is 1. The molecule has 0 spiro atoms. The van der Waals surface area contributed by atoms with Crippen molar-refractivity contribution in [3.63, 3.8) is 0 Å². The summed E-state index contributed by atoms with van der Waals surface area (Å²) in [5.41, 5.74) is 5.12. The number of hydrogen-bond acceptors (Lipinski definition) is 4.